The van der Waals surface area contributed by atoms with Gasteiger partial charge < -0.3 is 24.8 Å². The summed E-state index contributed by atoms with van der Waals surface area (Å²) in [6.07, 6.45) is 3.87. The molecule has 1 aromatic heterocycles. The van der Waals surface area contributed by atoms with Crippen LogP contribution in [0.5, 0.6) is 0 Å². The van der Waals surface area contributed by atoms with Gasteiger partial charge >= 0.3 is 5.97 Å². The Morgan fingerprint density at radius 2 is 1.95 bits per heavy atom. The average molecular weight is 588 g/mol. The van der Waals surface area contributed by atoms with E-state index in [1.54, 1.807) is 6.20 Å². The first-order chi connectivity index (χ1) is 19.7. The summed E-state index contributed by atoms with van der Waals surface area (Å²) < 4.78 is 18.4. The summed E-state index contributed by atoms with van der Waals surface area (Å²) in [7, 11) is 0. The maximum atomic E-state index is 12.8. The van der Waals surface area contributed by atoms with Crippen molar-refractivity contribution in [3.63, 3.8) is 0 Å². The molecule has 5 heterocycles. The molecular formula is C30H38ClN3O7. The van der Waals surface area contributed by atoms with Crippen molar-refractivity contribution in [3.05, 3.63) is 35.5 Å². The van der Waals surface area contributed by atoms with Crippen LogP contribution in [0.25, 0.3) is 10.9 Å². The van der Waals surface area contributed by atoms with Gasteiger partial charge in [-0.25, -0.2) is 9.78 Å². The fraction of sp³-hybridized carbons (Fsp3) is 0.633. The summed E-state index contributed by atoms with van der Waals surface area (Å²) in [6.45, 7) is 7.07. The lowest BCUT2D eigenvalue weighted by Crippen LogP contribution is -2.70. The number of benzene rings is 1. The number of nitrogens with zero attached hydrogens (tertiary/aromatic N) is 1. The average Bonchev–Trinajstić information content (AvgIpc) is 3.18. The number of rotatable bonds is 8. The molecule has 4 saturated heterocycles. The van der Waals surface area contributed by atoms with Gasteiger partial charge in [0.1, 0.15) is 0 Å². The van der Waals surface area contributed by atoms with E-state index in [4.69, 9.17) is 35.6 Å². The number of pyridine rings is 1. The summed E-state index contributed by atoms with van der Waals surface area (Å²) in [4.78, 5) is 41.5. The minimum Gasteiger partial charge on any atom is -0.435 e. The molecule has 222 valence electrons. The lowest BCUT2D eigenvalue weighted by molar-refractivity contribution is -0.576. The van der Waals surface area contributed by atoms with E-state index in [9.17, 15) is 9.59 Å². The van der Waals surface area contributed by atoms with Crippen LogP contribution in [-0.2, 0) is 33.6 Å². The topological polar surface area (TPSA) is 117 Å². The van der Waals surface area contributed by atoms with E-state index in [-0.39, 0.29) is 36.5 Å². The second kappa shape index (κ2) is 11.3. The highest BCUT2D eigenvalue weighted by molar-refractivity contribution is 6.31. The summed E-state index contributed by atoms with van der Waals surface area (Å²) in [6, 6.07) is 7.41. The Morgan fingerprint density at radius 3 is 2.80 bits per heavy atom. The molecule has 0 radical (unpaired) electrons. The smallest absolute Gasteiger partial charge is 0.308 e. The predicted octanol–water partition coefficient (Wildman–Crippen LogP) is 4.95. The second-order valence-corrected chi connectivity index (χ2v) is 12.5. The first-order valence-corrected chi connectivity index (χ1v) is 15.0. The Hall–Kier alpha value is -2.50. The Morgan fingerprint density at radius 1 is 1.10 bits per heavy atom. The summed E-state index contributed by atoms with van der Waals surface area (Å²) >= 11 is 6.06. The van der Waals surface area contributed by atoms with Crippen LogP contribution >= 0.6 is 11.6 Å². The molecule has 5 fully saturated rings. The largest absolute Gasteiger partial charge is 0.435 e. The van der Waals surface area contributed by atoms with Crippen LogP contribution in [0.3, 0.4) is 0 Å². The van der Waals surface area contributed by atoms with Gasteiger partial charge in [-0.2, -0.15) is 0 Å². The van der Waals surface area contributed by atoms with Crippen molar-refractivity contribution in [2.45, 2.75) is 83.3 Å². The minimum absolute atomic E-state index is 0.0263. The number of anilines is 1. The molecule has 1 spiro atoms. The van der Waals surface area contributed by atoms with Crippen LogP contribution in [0.1, 0.15) is 59.3 Å². The fourth-order valence-corrected chi connectivity index (χ4v) is 7.34. The maximum absolute atomic E-state index is 12.8. The van der Waals surface area contributed by atoms with Gasteiger partial charge in [0.2, 0.25) is 18.0 Å². The third-order valence-electron chi connectivity index (χ3n) is 9.37. The molecule has 1 aromatic carbocycles. The standard InChI is InChI=1S/C30H38ClN3O7/c1-17-4-7-22-18(2)27(38-28-30(22)21(17)10-12-29(3,39-28)40-41-30)37-26(36)9-8-25(35)34-15-14-33-23-11-13-32-24-16-19(31)5-6-20(23)24/h5-6,11,13,16-18,21-22,27-28H,4,7-10,12,14-15H2,1-3H3,(H,32,33)(H,34,35)/t17-,18-,21+,22+,27-,28-,29-,30-/m1/s1. The summed E-state index contributed by atoms with van der Waals surface area (Å²) in [5.41, 5.74) is 0.991. The molecule has 2 aromatic rings. The normalized spacial score (nSPS) is 35.8. The van der Waals surface area contributed by atoms with Gasteiger partial charge in [-0.15, -0.1) is 0 Å². The predicted molar refractivity (Wildman–Crippen MR) is 150 cm³/mol. The van der Waals surface area contributed by atoms with E-state index < -0.39 is 29.9 Å². The third-order valence-corrected chi connectivity index (χ3v) is 9.60. The van der Waals surface area contributed by atoms with Gasteiger partial charge in [0.15, 0.2) is 11.9 Å². The fourth-order valence-electron chi connectivity index (χ4n) is 7.17. The molecule has 1 saturated carbocycles. The molecule has 2 N–H and O–H groups in total. The van der Waals surface area contributed by atoms with Gasteiger partial charge in [-0.05, 0) is 62.3 Å². The number of carbonyl (C=O) groups is 2. The number of halogens is 1. The Kier molecular flexibility index (Phi) is 7.88. The highest BCUT2D eigenvalue weighted by Crippen LogP contribution is 2.60. The Balaban J connectivity index is 0.988. The molecule has 11 heteroatoms. The van der Waals surface area contributed by atoms with E-state index in [0.29, 0.717) is 30.5 Å². The van der Waals surface area contributed by atoms with Gasteiger partial charge in [0, 0.05) is 60.1 Å². The zero-order chi connectivity index (χ0) is 28.8. The highest BCUT2D eigenvalue weighted by Gasteiger charge is 2.69. The van der Waals surface area contributed by atoms with Crippen molar-refractivity contribution >= 4 is 40.1 Å². The number of carbonyl (C=O) groups excluding carboxylic acids is 2. The zero-order valence-electron chi connectivity index (χ0n) is 23.7. The van der Waals surface area contributed by atoms with Crippen molar-refractivity contribution in [2.24, 2.45) is 23.7 Å². The minimum atomic E-state index is -0.891. The molecular weight excluding hydrogens is 550 g/mol. The van der Waals surface area contributed by atoms with Crippen LogP contribution in [0.4, 0.5) is 5.69 Å². The number of nitrogens with one attached hydrogen (secondary N) is 2. The van der Waals surface area contributed by atoms with Gasteiger partial charge in [-0.1, -0.05) is 25.4 Å². The van der Waals surface area contributed by atoms with Crippen LogP contribution < -0.4 is 10.6 Å². The Bertz CT molecular complexity index is 1310. The van der Waals surface area contributed by atoms with E-state index in [1.165, 1.54) is 0 Å². The van der Waals surface area contributed by atoms with Crippen LogP contribution in [0.2, 0.25) is 5.02 Å². The first kappa shape index (κ1) is 28.6. The van der Waals surface area contributed by atoms with Gasteiger partial charge in [0.25, 0.3) is 0 Å². The molecule has 1 amide bonds. The summed E-state index contributed by atoms with van der Waals surface area (Å²) in [5.74, 6) is -0.947. The van der Waals surface area contributed by atoms with Gasteiger partial charge in [0.05, 0.1) is 11.9 Å². The molecule has 5 aliphatic rings. The lowest BCUT2D eigenvalue weighted by atomic mass is 9.58. The quantitative estimate of drug-likeness (QED) is 0.251. The number of hydrogen-bond donors (Lipinski definition) is 2. The second-order valence-electron chi connectivity index (χ2n) is 12.1. The van der Waals surface area contributed by atoms with Crippen molar-refractivity contribution in [1.82, 2.24) is 10.3 Å². The van der Waals surface area contributed by atoms with E-state index in [1.807, 2.05) is 38.1 Å². The van der Waals surface area contributed by atoms with Crippen molar-refractivity contribution in [1.29, 1.82) is 0 Å². The number of aromatic nitrogens is 1. The number of esters is 1. The van der Waals surface area contributed by atoms with E-state index in [0.717, 1.165) is 35.9 Å². The van der Waals surface area contributed by atoms with Crippen molar-refractivity contribution in [2.75, 3.05) is 18.4 Å². The maximum Gasteiger partial charge on any atom is 0.308 e. The number of hydrogen-bond acceptors (Lipinski definition) is 9. The molecule has 41 heavy (non-hydrogen) atoms. The van der Waals surface area contributed by atoms with Crippen LogP contribution in [-0.4, -0.2) is 53.9 Å². The number of ether oxygens (including phenoxy) is 3. The number of fused-ring (bicyclic) bond motifs is 3. The molecule has 2 bridgehead atoms. The van der Waals surface area contributed by atoms with Crippen LogP contribution in [0.15, 0.2) is 30.5 Å². The Labute approximate surface area is 244 Å². The lowest BCUT2D eigenvalue weighted by Gasteiger charge is -2.59. The number of amides is 1. The molecule has 10 nitrogen and oxygen atoms in total. The molecule has 8 atom stereocenters. The molecule has 0 unspecified atom stereocenters. The zero-order valence-corrected chi connectivity index (χ0v) is 24.4. The molecule has 4 aliphatic heterocycles. The van der Waals surface area contributed by atoms with Crippen molar-refractivity contribution < 1.29 is 33.6 Å². The highest BCUT2D eigenvalue weighted by atomic mass is 35.5. The summed E-state index contributed by atoms with van der Waals surface area (Å²) in [5, 5.41) is 7.73. The van der Waals surface area contributed by atoms with E-state index in [2.05, 4.69) is 22.5 Å². The van der Waals surface area contributed by atoms with Gasteiger partial charge in [-0.3, -0.25) is 14.6 Å². The third kappa shape index (κ3) is 5.41. The first-order valence-electron chi connectivity index (χ1n) is 14.6. The molecule has 7 rings (SSSR count). The molecule has 1 aliphatic carbocycles. The van der Waals surface area contributed by atoms with Crippen LogP contribution in [0, 0.1) is 23.7 Å². The SMILES string of the molecule is C[C@H]1[C@H](OC(=O)CCC(=O)NCCNc2ccnc3cc(Cl)ccc23)O[C@@H]2O[C@@]3(C)CC[C@H]4[C@H](C)CC[C@@H]1[C@@]24OO3. The van der Waals surface area contributed by atoms with E-state index >= 15 is 0 Å². The monoisotopic (exact) mass is 587 g/mol. The van der Waals surface area contributed by atoms with Crippen molar-refractivity contribution in [3.8, 4) is 0 Å².